The van der Waals surface area contributed by atoms with Crippen LogP contribution in [0.2, 0.25) is 0 Å². The van der Waals surface area contributed by atoms with Gasteiger partial charge in [-0.15, -0.1) is 11.8 Å². The molecule has 0 N–H and O–H groups in total. The molecule has 9 heavy (non-hydrogen) atoms. The molecule has 3 heteroatoms. The highest BCUT2D eigenvalue weighted by atomic mass is 79.9. The molecule has 0 aliphatic carbocycles. The Morgan fingerprint density at radius 2 is 2.33 bits per heavy atom. The van der Waals surface area contributed by atoms with Gasteiger partial charge in [0.2, 0.25) is 0 Å². The minimum atomic E-state index is 0.859. The Bertz CT molecular complexity index is 129. The molecular weight excluding hydrogens is 264 g/mol. The van der Waals surface area contributed by atoms with Crippen molar-refractivity contribution in [2.45, 2.75) is 0 Å². The maximum atomic E-state index is 3.67. The zero-order valence-electron chi connectivity index (χ0n) is 5.16. The van der Waals surface area contributed by atoms with Crippen molar-refractivity contribution in [1.29, 1.82) is 0 Å². The van der Waals surface area contributed by atoms with Gasteiger partial charge in [0.15, 0.2) is 0 Å². The SMILES string of the molecule is C=C/C(CBr)=C(/Br)SC. The van der Waals surface area contributed by atoms with E-state index in [0.717, 1.165) is 9.14 Å². The summed E-state index contributed by atoms with van der Waals surface area (Å²) in [5, 5.41) is 0.859. The molecule has 0 radical (unpaired) electrons. The normalized spacial score (nSPS) is 12.8. The zero-order chi connectivity index (χ0) is 7.28. The summed E-state index contributed by atoms with van der Waals surface area (Å²) in [4.78, 5) is 0. The summed E-state index contributed by atoms with van der Waals surface area (Å²) in [5.41, 5.74) is 1.20. The summed E-state index contributed by atoms with van der Waals surface area (Å²) in [6.45, 7) is 3.67. The van der Waals surface area contributed by atoms with E-state index in [1.165, 1.54) is 5.57 Å². The molecule has 0 aromatic rings. The van der Waals surface area contributed by atoms with E-state index in [9.17, 15) is 0 Å². The molecule has 0 aromatic heterocycles. The molecule has 0 unspecified atom stereocenters. The van der Waals surface area contributed by atoms with Gasteiger partial charge in [0.1, 0.15) is 0 Å². The van der Waals surface area contributed by atoms with Crippen LogP contribution in [0.5, 0.6) is 0 Å². The van der Waals surface area contributed by atoms with E-state index >= 15 is 0 Å². The predicted octanol–water partition coefficient (Wildman–Crippen LogP) is 3.54. The first kappa shape index (κ1) is 9.79. The molecule has 0 nitrogen and oxygen atoms in total. The molecule has 0 spiro atoms. The van der Waals surface area contributed by atoms with Gasteiger partial charge in [0, 0.05) is 5.33 Å². The first-order valence-corrected chi connectivity index (χ1v) is 5.51. The van der Waals surface area contributed by atoms with Crippen LogP contribution in [0.3, 0.4) is 0 Å². The molecule has 0 heterocycles. The fraction of sp³-hybridized carbons (Fsp3) is 0.333. The first-order chi connectivity index (χ1) is 4.26. The summed E-state index contributed by atoms with van der Waals surface area (Å²) in [6.07, 6.45) is 3.87. The first-order valence-electron chi connectivity index (χ1n) is 2.37. The van der Waals surface area contributed by atoms with Crippen LogP contribution in [0.25, 0.3) is 0 Å². The van der Waals surface area contributed by atoms with Gasteiger partial charge in [-0.25, -0.2) is 0 Å². The Morgan fingerprint density at radius 3 is 2.44 bits per heavy atom. The third-order valence-corrected chi connectivity index (χ3v) is 3.53. The highest BCUT2D eigenvalue weighted by molar-refractivity contribution is 9.14. The number of hydrogen-bond donors (Lipinski definition) is 0. The van der Waals surface area contributed by atoms with Gasteiger partial charge in [0.25, 0.3) is 0 Å². The second-order valence-electron chi connectivity index (χ2n) is 1.34. The Kier molecular flexibility index (Phi) is 6.05. The van der Waals surface area contributed by atoms with E-state index in [2.05, 4.69) is 38.4 Å². The fourth-order valence-corrected chi connectivity index (χ4v) is 2.11. The molecule has 0 saturated carbocycles. The number of allylic oxidation sites excluding steroid dienone is 2. The van der Waals surface area contributed by atoms with Crippen molar-refractivity contribution in [3.63, 3.8) is 0 Å². The van der Waals surface area contributed by atoms with Crippen LogP contribution in [0, 0.1) is 0 Å². The molecule has 0 rings (SSSR count). The summed E-state index contributed by atoms with van der Waals surface area (Å²) in [7, 11) is 0. The summed E-state index contributed by atoms with van der Waals surface area (Å²) >= 11 is 8.43. The monoisotopic (exact) mass is 270 g/mol. The van der Waals surface area contributed by atoms with E-state index in [0.29, 0.717) is 0 Å². The number of rotatable bonds is 3. The largest absolute Gasteiger partial charge is 0.122 e. The molecule has 52 valence electrons. The third kappa shape index (κ3) is 3.48. The molecular formula is C6H8Br2S. The minimum absolute atomic E-state index is 0.859. The van der Waals surface area contributed by atoms with Gasteiger partial charge >= 0.3 is 0 Å². The van der Waals surface area contributed by atoms with Crippen molar-refractivity contribution < 1.29 is 0 Å². The fourth-order valence-electron chi connectivity index (χ4n) is 0.318. The highest BCUT2D eigenvalue weighted by Crippen LogP contribution is 2.24. The Balaban J connectivity index is 4.18. The van der Waals surface area contributed by atoms with Gasteiger partial charge in [-0.3, -0.25) is 0 Å². The van der Waals surface area contributed by atoms with Gasteiger partial charge in [-0.05, 0) is 27.8 Å². The van der Waals surface area contributed by atoms with Crippen molar-refractivity contribution in [2.75, 3.05) is 11.6 Å². The van der Waals surface area contributed by atoms with E-state index in [4.69, 9.17) is 0 Å². The van der Waals surface area contributed by atoms with Crippen LogP contribution in [0.4, 0.5) is 0 Å². The number of hydrogen-bond acceptors (Lipinski definition) is 1. The lowest BCUT2D eigenvalue weighted by Crippen LogP contribution is -1.78. The standard InChI is InChI=1S/C6H8Br2S/c1-3-5(4-7)6(8)9-2/h3H,1,4H2,2H3/b6-5+. The van der Waals surface area contributed by atoms with E-state index < -0.39 is 0 Å². The van der Waals surface area contributed by atoms with E-state index in [-0.39, 0.29) is 0 Å². The van der Waals surface area contributed by atoms with Gasteiger partial charge in [-0.1, -0.05) is 28.6 Å². The van der Waals surface area contributed by atoms with E-state index in [1.54, 1.807) is 11.8 Å². The van der Waals surface area contributed by atoms with Crippen LogP contribution in [0.1, 0.15) is 0 Å². The average molecular weight is 272 g/mol. The Labute approximate surface area is 77.0 Å². The predicted molar refractivity (Wildman–Crippen MR) is 53.5 cm³/mol. The summed E-state index contributed by atoms with van der Waals surface area (Å²) in [6, 6.07) is 0. The number of thioether (sulfide) groups is 1. The van der Waals surface area contributed by atoms with Crippen molar-refractivity contribution in [3.05, 3.63) is 22.0 Å². The maximum absolute atomic E-state index is 3.67. The van der Waals surface area contributed by atoms with Crippen LogP contribution in [-0.4, -0.2) is 11.6 Å². The molecule has 0 aliphatic rings. The van der Waals surface area contributed by atoms with Crippen LogP contribution in [-0.2, 0) is 0 Å². The Hall–Kier alpha value is 0.790. The Morgan fingerprint density at radius 1 is 1.78 bits per heavy atom. The smallest absolute Gasteiger partial charge is 0.0540 e. The molecule has 0 amide bonds. The lowest BCUT2D eigenvalue weighted by Gasteiger charge is -1.97. The summed E-state index contributed by atoms with van der Waals surface area (Å²) < 4.78 is 1.15. The maximum Gasteiger partial charge on any atom is 0.0540 e. The molecule has 0 aromatic carbocycles. The van der Waals surface area contributed by atoms with Crippen molar-refractivity contribution in [3.8, 4) is 0 Å². The number of halogens is 2. The summed E-state index contributed by atoms with van der Waals surface area (Å²) in [5.74, 6) is 0. The minimum Gasteiger partial charge on any atom is -0.122 e. The van der Waals surface area contributed by atoms with Gasteiger partial charge in [0.05, 0.1) is 3.81 Å². The average Bonchev–Trinajstić information content (AvgIpc) is 1.90. The molecule has 0 bridgehead atoms. The lowest BCUT2D eigenvalue weighted by molar-refractivity contribution is 1.60. The molecule has 0 fully saturated rings. The van der Waals surface area contributed by atoms with E-state index in [1.807, 2.05) is 12.3 Å². The lowest BCUT2D eigenvalue weighted by atomic mass is 10.4. The van der Waals surface area contributed by atoms with Crippen molar-refractivity contribution in [1.82, 2.24) is 0 Å². The van der Waals surface area contributed by atoms with Crippen molar-refractivity contribution in [2.24, 2.45) is 0 Å². The van der Waals surface area contributed by atoms with Gasteiger partial charge in [-0.2, -0.15) is 0 Å². The van der Waals surface area contributed by atoms with Crippen LogP contribution >= 0.6 is 43.6 Å². The zero-order valence-corrected chi connectivity index (χ0v) is 9.14. The van der Waals surface area contributed by atoms with Crippen molar-refractivity contribution >= 4 is 43.6 Å². The molecule has 0 saturated heterocycles. The second kappa shape index (κ2) is 5.57. The van der Waals surface area contributed by atoms with Crippen LogP contribution in [0.15, 0.2) is 22.0 Å². The van der Waals surface area contributed by atoms with Gasteiger partial charge < -0.3 is 0 Å². The second-order valence-corrected chi connectivity index (χ2v) is 4.04. The number of alkyl halides is 1. The quantitative estimate of drug-likeness (QED) is 0.559. The third-order valence-electron chi connectivity index (χ3n) is 0.822. The molecule has 0 atom stereocenters. The van der Waals surface area contributed by atoms with Crippen LogP contribution < -0.4 is 0 Å². The highest BCUT2D eigenvalue weighted by Gasteiger charge is 1.94. The molecule has 0 aliphatic heterocycles. The topological polar surface area (TPSA) is 0 Å².